The summed E-state index contributed by atoms with van der Waals surface area (Å²) in [5, 5.41) is 12.5. The molecule has 2 rings (SSSR count). The zero-order chi connectivity index (χ0) is 11.4. The molecule has 1 aliphatic rings. The summed E-state index contributed by atoms with van der Waals surface area (Å²) in [4.78, 5) is 11.0. The lowest BCUT2D eigenvalue weighted by molar-refractivity contribution is 0.0695. The van der Waals surface area contributed by atoms with Crippen LogP contribution >= 0.6 is 0 Å². The van der Waals surface area contributed by atoms with Crippen molar-refractivity contribution in [3.63, 3.8) is 0 Å². The van der Waals surface area contributed by atoms with Crippen LogP contribution in [-0.4, -0.2) is 23.7 Å². The molecule has 0 radical (unpaired) electrons. The molecule has 1 aromatic rings. The van der Waals surface area contributed by atoms with E-state index in [1.165, 1.54) is 12.8 Å². The zero-order valence-corrected chi connectivity index (χ0v) is 9.28. The monoisotopic (exact) mass is 219 g/mol. The van der Waals surface area contributed by atoms with Crippen LogP contribution in [0.4, 0.5) is 0 Å². The number of aromatic carboxylic acids is 1. The van der Waals surface area contributed by atoms with Gasteiger partial charge in [0.05, 0.1) is 5.56 Å². The van der Waals surface area contributed by atoms with Gasteiger partial charge in [-0.3, -0.25) is 0 Å². The van der Waals surface area contributed by atoms with Crippen LogP contribution in [-0.2, 0) is 6.42 Å². The summed E-state index contributed by atoms with van der Waals surface area (Å²) in [5.41, 5.74) is 1.38. The maximum absolute atomic E-state index is 11.0. The number of carboxylic acid groups (broad SMARTS) is 1. The molecule has 0 spiro atoms. The van der Waals surface area contributed by atoms with Gasteiger partial charge >= 0.3 is 5.97 Å². The molecular weight excluding hydrogens is 202 g/mol. The first-order valence-electron chi connectivity index (χ1n) is 5.82. The molecule has 0 aromatic heterocycles. The molecule has 1 unspecified atom stereocenters. The van der Waals surface area contributed by atoms with E-state index in [1.807, 2.05) is 12.1 Å². The Hall–Kier alpha value is -1.35. The number of carbonyl (C=O) groups is 1. The van der Waals surface area contributed by atoms with Crippen molar-refractivity contribution in [2.75, 3.05) is 6.54 Å². The molecule has 1 heterocycles. The lowest BCUT2D eigenvalue weighted by Crippen LogP contribution is -2.35. The minimum atomic E-state index is -0.827. The Balaban J connectivity index is 2.10. The normalized spacial score (nSPS) is 20.6. The van der Waals surface area contributed by atoms with Crippen LogP contribution in [0, 0.1) is 0 Å². The Kier molecular flexibility index (Phi) is 3.57. The zero-order valence-electron chi connectivity index (χ0n) is 9.28. The van der Waals surface area contributed by atoms with Gasteiger partial charge in [0.15, 0.2) is 0 Å². The highest BCUT2D eigenvalue weighted by atomic mass is 16.4. The van der Waals surface area contributed by atoms with Crippen molar-refractivity contribution >= 4 is 5.97 Å². The second-order valence-corrected chi connectivity index (χ2v) is 4.31. The van der Waals surface area contributed by atoms with Crippen LogP contribution in [0.5, 0.6) is 0 Å². The molecule has 3 nitrogen and oxygen atoms in total. The van der Waals surface area contributed by atoms with Gasteiger partial charge in [0.25, 0.3) is 0 Å². The molecule has 1 aliphatic heterocycles. The second kappa shape index (κ2) is 5.12. The van der Waals surface area contributed by atoms with Crippen LogP contribution < -0.4 is 5.32 Å². The largest absolute Gasteiger partial charge is 0.478 e. The van der Waals surface area contributed by atoms with Gasteiger partial charge in [-0.25, -0.2) is 4.79 Å². The minimum absolute atomic E-state index is 0.439. The number of nitrogens with one attached hydrogen (secondary N) is 1. The number of benzene rings is 1. The van der Waals surface area contributed by atoms with Gasteiger partial charge in [-0.1, -0.05) is 24.6 Å². The summed E-state index contributed by atoms with van der Waals surface area (Å²) in [5.74, 6) is -0.827. The minimum Gasteiger partial charge on any atom is -0.478 e. The third-order valence-electron chi connectivity index (χ3n) is 3.13. The van der Waals surface area contributed by atoms with Crippen molar-refractivity contribution in [3.05, 3.63) is 35.4 Å². The number of rotatable bonds is 3. The topological polar surface area (TPSA) is 49.3 Å². The molecule has 1 fully saturated rings. The fraction of sp³-hybridized carbons (Fsp3) is 0.462. The van der Waals surface area contributed by atoms with E-state index >= 15 is 0 Å². The molecule has 1 aromatic carbocycles. The quantitative estimate of drug-likeness (QED) is 0.818. The summed E-state index contributed by atoms with van der Waals surface area (Å²) in [7, 11) is 0. The summed E-state index contributed by atoms with van der Waals surface area (Å²) >= 11 is 0. The van der Waals surface area contributed by atoms with E-state index < -0.39 is 5.97 Å². The summed E-state index contributed by atoms with van der Waals surface area (Å²) in [6.45, 7) is 1.06. The first-order chi connectivity index (χ1) is 7.77. The highest BCUT2D eigenvalue weighted by Crippen LogP contribution is 2.16. The molecule has 1 atom stereocenters. The molecule has 86 valence electrons. The molecule has 2 N–H and O–H groups in total. The third-order valence-corrected chi connectivity index (χ3v) is 3.13. The first kappa shape index (κ1) is 11.1. The third kappa shape index (κ3) is 2.61. The molecule has 16 heavy (non-hydrogen) atoms. The summed E-state index contributed by atoms with van der Waals surface area (Å²) in [6.07, 6.45) is 4.44. The Bertz CT molecular complexity index is 370. The van der Waals surface area contributed by atoms with Crippen molar-refractivity contribution < 1.29 is 9.90 Å². The Labute approximate surface area is 95.5 Å². The molecular formula is C13H17NO2. The maximum Gasteiger partial charge on any atom is 0.335 e. The number of hydrogen-bond donors (Lipinski definition) is 2. The van der Waals surface area contributed by atoms with E-state index in [-0.39, 0.29) is 0 Å². The van der Waals surface area contributed by atoms with Gasteiger partial charge in [-0.2, -0.15) is 0 Å². The van der Waals surface area contributed by atoms with E-state index in [0.717, 1.165) is 24.9 Å². The smallest absolute Gasteiger partial charge is 0.335 e. The standard InChI is InChI=1S/C13H17NO2/c15-13(16)12-7-2-1-5-10(12)9-11-6-3-4-8-14-11/h1-2,5,7,11,14H,3-4,6,8-9H2,(H,15,16). The van der Waals surface area contributed by atoms with Crippen molar-refractivity contribution in [3.8, 4) is 0 Å². The molecule has 0 bridgehead atoms. The molecule has 0 aliphatic carbocycles. The van der Waals surface area contributed by atoms with Crippen molar-refractivity contribution in [1.82, 2.24) is 5.32 Å². The average molecular weight is 219 g/mol. The van der Waals surface area contributed by atoms with Gasteiger partial charge in [-0.05, 0) is 37.4 Å². The fourth-order valence-corrected chi connectivity index (χ4v) is 2.27. The van der Waals surface area contributed by atoms with Gasteiger partial charge in [0.1, 0.15) is 0 Å². The van der Waals surface area contributed by atoms with Crippen molar-refractivity contribution in [2.24, 2.45) is 0 Å². The lowest BCUT2D eigenvalue weighted by Gasteiger charge is -2.23. The predicted molar refractivity (Wildman–Crippen MR) is 62.7 cm³/mol. The first-order valence-corrected chi connectivity index (χ1v) is 5.82. The number of hydrogen-bond acceptors (Lipinski definition) is 2. The summed E-state index contributed by atoms with van der Waals surface area (Å²) in [6, 6.07) is 7.72. The lowest BCUT2D eigenvalue weighted by atomic mass is 9.95. The van der Waals surface area contributed by atoms with Crippen molar-refractivity contribution in [2.45, 2.75) is 31.7 Å². The second-order valence-electron chi connectivity index (χ2n) is 4.31. The Morgan fingerprint density at radius 3 is 2.88 bits per heavy atom. The van der Waals surface area contributed by atoms with E-state index in [1.54, 1.807) is 12.1 Å². The maximum atomic E-state index is 11.0. The molecule has 0 saturated carbocycles. The van der Waals surface area contributed by atoms with E-state index in [4.69, 9.17) is 5.11 Å². The van der Waals surface area contributed by atoms with Crippen LogP contribution in [0.2, 0.25) is 0 Å². The number of piperidine rings is 1. The molecule has 0 amide bonds. The fourth-order valence-electron chi connectivity index (χ4n) is 2.27. The summed E-state index contributed by atoms with van der Waals surface area (Å²) < 4.78 is 0. The molecule has 1 saturated heterocycles. The highest BCUT2D eigenvalue weighted by molar-refractivity contribution is 5.89. The van der Waals surface area contributed by atoms with Gasteiger partial charge in [0.2, 0.25) is 0 Å². The van der Waals surface area contributed by atoms with E-state index in [9.17, 15) is 4.79 Å². The van der Waals surface area contributed by atoms with E-state index in [0.29, 0.717) is 11.6 Å². The van der Waals surface area contributed by atoms with Crippen LogP contribution in [0.1, 0.15) is 35.2 Å². The van der Waals surface area contributed by atoms with Crippen LogP contribution in [0.15, 0.2) is 24.3 Å². The Morgan fingerprint density at radius 2 is 2.19 bits per heavy atom. The predicted octanol–water partition coefficient (Wildman–Crippen LogP) is 2.07. The average Bonchev–Trinajstić information content (AvgIpc) is 2.31. The molecule has 3 heteroatoms. The number of carboxylic acids is 1. The van der Waals surface area contributed by atoms with Crippen LogP contribution in [0.25, 0.3) is 0 Å². The van der Waals surface area contributed by atoms with Gasteiger partial charge in [0, 0.05) is 6.04 Å². The van der Waals surface area contributed by atoms with Crippen LogP contribution in [0.3, 0.4) is 0 Å². The highest BCUT2D eigenvalue weighted by Gasteiger charge is 2.16. The Morgan fingerprint density at radius 1 is 1.38 bits per heavy atom. The van der Waals surface area contributed by atoms with Gasteiger partial charge < -0.3 is 10.4 Å². The van der Waals surface area contributed by atoms with Gasteiger partial charge in [-0.15, -0.1) is 0 Å². The van der Waals surface area contributed by atoms with E-state index in [2.05, 4.69) is 5.32 Å². The SMILES string of the molecule is O=C(O)c1ccccc1CC1CCCCN1. The van der Waals surface area contributed by atoms with Crippen molar-refractivity contribution in [1.29, 1.82) is 0 Å².